The van der Waals surface area contributed by atoms with Crippen LogP contribution in [0.4, 0.5) is 10.8 Å². The van der Waals surface area contributed by atoms with Gasteiger partial charge in [0.2, 0.25) is 11.8 Å². The molecule has 2 aromatic carbocycles. The van der Waals surface area contributed by atoms with Gasteiger partial charge in [0.25, 0.3) is 5.91 Å². The molecule has 0 aliphatic carbocycles. The van der Waals surface area contributed by atoms with Gasteiger partial charge in [-0.25, -0.2) is 4.98 Å². The second-order valence-corrected chi connectivity index (χ2v) is 9.38. The van der Waals surface area contributed by atoms with Crippen molar-refractivity contribution in [2.75, 3.05) is 23.0 Å². The minimum atomic E-state index is -0.208. The van der Waals surface area contributed by atoms with E-state index in [1.807, 2.05) is 6.07 Å². The van der Waals surface area contributed by atoms with Crippen LogP contribution in [0.2, 0.25) is 0 Å². The van der Waals surface area contributed by atoms with Crippen molar-refractivity contribution in [3.63, 3.8) is 0 Å². The lowest BCUT2D eigenvalue weighted by Crippen LogP contribution is -2.37. The minimum Gasteiger partial charge on any atom is -0.376 e. The zero-order valence-corrected chi connectivity index (χ0v) is 19.3. The zero-order valence-electron chi connectivity index (χ0n) is 18.5. The van der Waals surface area contributed by atoms with E-state index in [-0.39, 0.29) is 36.7 Å². The fraction of sp³-hybridized carbons (Fsp3) is 0.360. The van der Waals surface area contributed by atoms with Gasteiger partial charge in [0.1, 0.15) is 0 Å². The predicted octanol–water partition coefficient (Wildman–Crippen LogP) is 4.34. The van der Waals surface area contributed by atoms with Crippen molar-refractivity contribution in [3.8, 4) is 0 Å². The fourth-order valence-electron chi connectivity index (χ4n) is 4.31. The van der Waals surface area contributed by atoms with Gasteiger partial charge in [-0.05, 0) is 61.2 Å². The highest BCUT2D eigenvalue weighted by atomic mass is 32.1. The van der Waals surface area contributed by atoms with Crippen LogP contribution in [-0.4, -0.2) is 42.0 Å². The molecule has 0 N–H and O–H groups in total. The Balaban J connectivity index is 1.45. The number of carbonyl (C=O) groups is 3. The number of amides is 3. The van der Waals surface area contributed by atoms with Crippen LogP contribution in [-0.2, 0) is 20.7 Å². The number of hydrogen-bond acceptors (Lipinski definition) is 6. The van der Waals surface area contributed by atoms with Gasteiger partial charge in [0, 0.05) is 25.0 Å². The molecular formula is C25H25N3O4S. The molecule has 170 valence electrons. The first-order chi connectivity index (χ1) is 16.0. The molecule has 3 amide bonds. The lowest BCUT2D eigenvalue weighted by molar-refractivity contribution is -0.121. The van der Waals surface area contributed by atoms with Gasteiger partial charge in [-0.15, -0.1) is 0 Å². The van der Waals surface area contributed by atoms with Crippen LogP contribution in [0.25, 0.3) is 10.2 Å². The second kappa shape index (κ2) is 9.03. The normalized spacial score (nSPS) is 18.5. The molecule has 8 heteroatoms. The molecule has 0 spiro atoms. The number of ether oxygens (including phenoxy) is 1. The molecule has 7 nitrogen and oxygen atoms in total. The first-order valence-corrected chi connectivity index (χ1v) is 12.1. The Morgan fingerprint density at radius 3 is 2.58 bits per heavy atom. The van der Waals surface area contributed by atoms with E-state index >= 15 is 0 Å². The third kappa shape index (κ3) is 4.28. The van der Waals surface area contributed by atoms with Gasteiger partial charge in [0.15, 0.2) is 5.13 Å². The molecule has 2 fully saturated rings. The van der Waals surface area contributed by atoms with E-state index in [2.05, 4.69) is 19.1 Å². The maximum Gasteiger partial charge on any atom is 0.260 e. The molecule has 5 rings (SSSR count). The Bertz CT molecular complexity index is 1200. The number of thiazole rings is 1. The zero-order chi connectivity index (χ0) is 22.9. The lowest BCUT2D eigenvalue weighted by atomic mass is 10.1. The largest absolute Gasteiger partial charge is 0.376 e. The third-order valence-corrected chi connectivity index (χ3v) is 7.20. The molecule has 33 heavy (non-hydrogen) atoms. The summed E-state index contributed by atoms with van der Waals surface area (Å²) in [5.74, 6) is -0.592. The Morgan fingerprint density at radius 1 is 1.15 bits per heavy atom. The van der Waals surface area contributed by atoms with E-state index in [1.165, 1.54) is 21.8 Å². The number of imide groups is 1. The highest BCUT2D eigenvalue weighted by Crippen LogP contribution is 2.32. The molecule has 1 aromatic heterocycles. The lowest BCUT2D eigenvalue weighted by Gasteiger charge is -2.23. The van der Waals surface area contributed by atoms with E-state index < -0.39 is 0 Å². The summed E-state index contributed by atoms with van der Waals surface area (Å²) in [4.78, 5) is 45.3. The summed E-state index contributed by atoms with van der Waals surface area (Å²) in [7, 11) is 0. The molecule has 1 unspecified atom stereocenters. The molecule has 2 aliphatic heterocycles. The molecule has 2 saturated heterocycles. The van der Waals surface area contributed by atoms with Crippen molar-refractivity contribution in [3.05, 3.63) is 53.6 Å². The van der Waals surface area contributed by atoms with Gasteiger partial charge in [-0.3, -0.25) is 24.2 Å². The van der Waals surface area contributed by atoms with Crippen LogP contribution in [0, 0.1) is 0 Å². The number of aromatic nitrogens is 1. The number of anilines is 2. The number of hydrogen-bond donors (Lipinski definition) is 0. The maximum absolute atomic E-state index is 13.6. The molecule has 0 saturated carbocycles. The fourth-order valence-corrected chi connectivity index (χ4v) is 5.34. The highest BCUT2D eigenvalue weighted by Gasteiger charge is 2.31. The van der Waals surface area contributed by atoms with E-state index in [9.17, 15) is 14.4 Å². The van der Waals surface area contributed by atoms with E-state index in [4.69, 9.17) is 9.72 Å². The summed E-state index contributed by atoms with van der Waals surface area (Å²) in [6, 6.07) is 12.8. The summed E-state index contributed by atoms with van der Waals surface area (Å²) in [6.07, 6.45) is 3.27. The molecular weight excluding hydrogens is 438 g/mol. The summed E-state index contributed by atoms with van der Waals surface area (Å²) in [5, 5.41) is 0.646. The van der Waals surface area contributed by atoms with Crippen molar-refractivity contribution in [2.45, 2.75) is 45.1 Å². The number of rotatable bonds is 6. The van der Waals surface area contributed by atoms with Gasteiger partial charge in [-0.1, -0.05) is 24.3 Å². The average Bonchev–Trinajstić information content (AvgIpc) is 3.57. The summed E-state index contributed by atoms with van der Waals surface area (Å²) >= 11 is 1.51. The van der Waals surface area contributed by atoms with Crippen molar-refractivity contribution < 1.29 is 19.1 Å². The van der Waals surface area contributed by atoms with E-state index in [1.54, 1.807) is 29.2 Å². The molecule has 3 aromatic rings. The van der Waals surface area contributed by atoms with Crippen LogP contribution < -0.4 is 9.80 Å². The van der Waals surface area contributed by atoms with Gasteiger partial charge >= 0.3 is 0 Å². The van der Waals surface area contributed by atoms with E-state index in [0.29, 0.717) is 29.5 Å². The maximum atomic E-state index is 13.6. The Morgan fingerprint density at radius 2 is 1.91 bits per heavy atom. The second-order valence-electron chi connectivity index (χ2n) is 8.37. The number of aryl methyl sites for hydroxylation is 1. The van der Waals surface area contributed by atoms with Crippen LogP contribution in [0.5, 0.6) is 0 Å². The molecule has 2 aliphatic rings. The monoisotopic (exact) mass is 463 g/mol. The highest BCUT2D eigenvalue weighted by molar-refractivity contribution is 7.22. The Labute approximate surface area is 196 Å². The standard InChI is InChI=1S/C25H25N3O4S/c1-2-16-5-10-20-21(14-16)33-25(26-20)27(15-19-4-3-13-32-19)24(31)17-6-8-18(9-7-17)28-22(29)11-12-23(28)30/h5-10,14,19H,2-4,11-13,15H2,1H3. The third-order valence-electron chi connectivity index (χ3n) is 6.16. The van der Waals surface area contributed by atoms with Crippen LogP contribution >= 0.6 is 11.3 Å². The van der Waals surface area contributed by atoms with Crippen molar-refractivity contribution in [1.82, 2.24) is 4.98 Å². The van der Waals surface area contributed by atoms with Gasteiger partial charge in [-0.2, -0.15) is 0 Å². The first-order valence-electron chi connectivity index (χ1n) is 11.3. The number of carbonyl (C=O) groups excluding carboxylic acids is 3. The van der Waals surface area contributed by atoms with Crippen molar-refractivity contribution in [2.24, 2.45) is 0 Å². The SMILES string of the molecule is CCc1ccc2nc(N(CC3CCCO3)C(=O)c3ccc(N4C(=O)CCC4=O)cc3)sc2c1. The summed E-state index contributed by atoms with van der Waals surface area (Å²) in [5.41, 5.74) is 3.08. The number of nitrogens with zero attached hydrogens (tertiary/aromatic N) is 3. The van der Waals surface area contributed by atoms with Crippen molar-refractivity contribution >= 4 is 50.1 Å². The first kappa shape index (κ1) is 21.7. The van der Waals surface area contributed by atoms with E-state index in [0.717, 1.165) is 29.5 Å². The molecule has 0 bridgehead atoms. The summed E-state index contributed by atoms with van der Waals surface area (Å²) < 4.78 is 6.86. The quantitative estimate of drug-likeness (QED) is 0.508. The topological polar surface area (TPSA) is 79.8 Å². The molecule has 3 heterocycles. The number of fused-ring (bicyclic) bond motifs is 1. The van der Waals surface area contributed by atoms with Crippen LogP contribution in [0.3, 0.4) is 0 Å². The molecule has 0 radical (unpaired) electrons. The molecule has 1 atom stereocenters. The van der Waals surface area contributed by atoms with Crippen molar-refractivity contribution in [1.29, 1.82) is 0 Å². The van der Waals surface area contributed by atoms with Crippen LogP contribution in [0.1, 0.15) is 48.5 Å². The summed E-state index contributed by atoms with van der Waals surface area (Å²) in [6.45, 7) is 3.26. The van der Waals surface area contributed by atoms with Gasteiger partial charge < -0.3 is 4.74 Å². The minimum absolute atomic E-state index is 0.0220. The average molecular weight is 464 g/mol. The Kier molecular flexibility index (Phi) is 5.95. The van der Waals surface area contributed by atoms with Gasteiger partial charge in [0.05, 0.1) is 28.6 Å². The smallest absolute Gasteiger partial charge is 0.260 e. The van der Waals surface area contributed by atoms with Crippen LogP contribution in [0.15, 0.2) is 42.5 Å². The Hall–Kier alpha value is -3.10. The predicted molar refractivity (Wildman–Crippen MR) is 128 cm³/mol. The number of benzene rings is 2.